The minimum atomic E-state index is -5.13. The molecule has 1 fully saturated rings. The lowest BCUT2D eigenvalue weighted by Crippen LogP contribution is -2.53. The zero-order valence-corrected chi connectivity index (χ0v) is 16.7. The quantitative estimate of drug-likeness (QED) is 0.577. The molecule has 5 nitrogen and oxygen atoms in total. The molecule has 31 heavy (non-hydrogen) atoms. The third-order valence-electron chi connectivity index (χ3n) is 4.95. The van der Waals surface area contributed by atoms with Crippen LogP contribution < -0.4 is 10.6 Å². The lowest BCUT2D eigenvalue weighted by atomic mass is 9.99. The summed E-state index contributed by atoms with van der Waals surface area (Å²) < 4.78 is 65.7. The van der Waals surface area contributed by atoms with Crippen molar-refractivity contribution in [3.63, 3.8) is 0 Å². The molecule has 0 bridgehead atoms. The second-order valence-corrected chi connectivity index (χ2v) is 7.69. The molecule has 3 N–H and O–H groups in total. The molecular weight excluding hydrogens is 447 g/mol. The zero-order valence-electron chi connectivity index (χ0n) is 15.9. The fraction of sp³-hybridized carbons (Fsp3) is 0.300. The van der Waals surface area contributed by atoms with Crippen LogP contribution in [0.3, 0.4) is 0 Å². The highest BCUT2D eigenvalue weighted by molar-refractivity contribution is 6.31. The first kappa shape index (κ1) is 22.8. The van der Waals surface area contributed by atoms with Gasteiger partial charge in [-0.05, 0) is 43.5 Å². The fourth-order valence-corrected chi connectivity index (χ4v) is 3.27. The molecule has 2 aromatic rings. The molecule has 1 aliphatic carbocycles. The van der Waals surface area contributed by atoms with E-state index in [9.17, 15) is 36.6 Å². The smallest absolute Gasteiger partial charge is 0.471 e. The van der Waals surface area contributed by atoms with E-state index in [0.29, 0.717) is 0 Å². The lowest BCUT2D eigenvalue weighted by Gasteiger charge is -2.22. The minimum Gasteiger partial charge on any atom is -0.504 e. The molecule has 0 radical (unpaired) electrons. The van der Waals surface area contributed by atoms with Crippen LogP contribution in [-0.2, 0) is 9.59 Å². The van der Waals surface area contributed by atoms with Crippen LogP contribution >= 0.6 is 11.6 Å². The Labute approximate surface area is 178 Å². The van der Waals surface area contributed by atoms with E-state index in [0.717, 1.165) is 12.1 Å². The number of phenols is 1. The number of hydrogen-bond donors (Lipinski definition) is 3. The first-order valence-corrected chi connectivity index (χ1v) is 9.40. The van der Waals surface area contributed by atoms with Gasteiger partial charge < -0.3 is 15.7 Å². The predicted molar refractivity (Wildman–Crippen MR) is 101 cm³/mol. The molecule has 0 spiro atoms. The first-order valence-electron chi connectivity index (χ1n) is 9.02. The maximum Gasteiger partial charge on any atom is 0.471 e. The number of hydrogen-bond acceptors (Lipinski definition) is 3. The van der Waals surface area contributed by atoms with Crippen LogP contribution in [0.4, 0.5) is 22.0 Å². The number of carbonyl (C=O) groups is 2. The highest BCUT2D eigenvalue weighted by Crippen LogP contribution is 2.38. The summed E-state index contributed by atoms with van der Waals surface area (Å²) in [4.78, 5) is 23.5. The molecule has 0 heterocycles. The topological polar surface area (TPSA) is 78.4 Å². The van der Waals surface area contributed by atoms with Gasteiger partial charge in [-0.3, -0.25) is 9.59 Å². The van der Waals surface area contributed by atoms with Crippen molar-refractivity contribution in [3.05, 3.63) is 52.6 Å². The predicted octanol–water partition coefficient (Wildman–Crippen LogP) is 4.38. The molecule has 1 unspecified atom stereocenters. The van der Waals surface area contributed by atoms with Crippen molar-refractivity contribution in [3.8, 4) is 16.9 Å². The van der Waals surface area contributed by atoms with Crippen molar-refractivity contribution in [1.29, 1.82) is 0 Å². The van der Waals surface area contributed by atoms with E-state index in [1.165, 1.54) is 25.1 Å². The summed E-state index contributed by atoms with van der Waals surface area (Å²) in [6, 6.07) is 4.84. The molecule has 166 valence electrons. The van der Waals surface area contributed by atoms with Gasteiger partial charge in [-0.15, -0.1) is 0 Å². The molecule has 3 rings (SSSR count). The Hall–Kier alpha value is -2.88. The highest BCUT2D eigenvalue weighted by atomic mass is 35.5. The van der Waals surface area contributed by atoms with Crippen LogP contribution in [0.5, 0.6) is 5.75 Å². The van der Waals surface area contributed by atoms with Crippen LogP contribution in [-0.4, -0.2) is 28.6 Å². The Morgan fingerprint density at radius 3 is 2.32 bits per heavy atom. The van der Waals surface area contributed by atoms with Crippen LogP contribution in [0.15, 0.2) is 30.3 Å². The normalized spacial score (nSPS) is 15.8. The van der Waals surface area contributed by atoms with Gasteiger partial charge in [0.2, 0.25) is 5.91 Å². The summed E-state index contributed by atoms with van der Waals surface area (Å²) in [5, 5.41) is 13.9. The molecule has 0 aliphatic heterocycles. The highest BCUT2D eigenvalue weighted by Gasteiger charge is 2.55. The van der Waals surface area contributed by atoms with Gasteiger partial charge in [-0.25, -0.2) is 8.78 Å². The van der Waals surface area contributed by atoms with E-state index in [2.05, 4.69) is 5.32 Å². The van der Waals surface area contributed by atoms with Crippen molar-refractivity contribution < 1.29 is 36.6 Å². The maximum absolute atomic E-state index is 14.7. The van der Waals surface area contributed by atoms with Gasteiger partial charge in [0.05, 0.1) is 6.04 Å². The van der Waals surface area contributed by atoms with Gasteiger partial charge in [-0.1, -0.05) is 23.7 Å². The number of amides is 2. The Kier molecular flexibility index (Phi) is 5.88. The average Bonchev–Trinajstić information content (AvgIpc) is 3.44. The number of nitrogens with one attached hydrogen (secondary N) is 2. The average molecular weight is 463 g/mol. The van der Waals surface area contributed by atoms with Gasteiger partial charge in [0, 0.05) is 16.1 Å². The van der Waals surface area contributed by atoms with Crippen molar-refractivity contribution in [2.45, 2.75) is 37.5 Å². The Morgan fingerprint density at radius 2 is 1.77 bits per heavy atom. The molecule has 2 amide bonds. The van der Waals surface area contributed by atoms with Crippen LogP contribution in [0, 0.1) is 11.6 Å². The summed E-state index contributed by atoms with van der Waals surface area (Å²) in [7, 11) is 0. The molecule has 11 heteroatoms. The molecular formula is C20H16ClF5N2O3. The Morgan fingerprint density at radius 1 is 1.13 bits per heavy atom. The second-order valence-electron chi connectivity index (χ2n) is 7.25. The summed E-state index contributed by atoms with van der Waals surface area (Å²) in [6.07, 6.45) is -5.09. The third kappa shape index (κ3) is 4.73. The van der Waals surface area contributed by atoms with Crippen molar-refractivity contribution in [2.24, 2.45) is 0 Å². The number of benzene rings is 2. The molecule has 1 aliphatic rings. The number of aromatic hydroxyl groups is 1. The fourth-order valence-electron chi connectivity index (χ4n) is 3.07. The van der Waals surface area contributed by atoms with Crippen LogP contribution in [0.2, 0.25) is 5.02 Å². The summed E-state index contributed by atoms with van der Waals surface area (Å²) in [6.45, 7) is 1.41. The summed E-state index contributed by atoms with van der Waals surface area (Å²) in [5.74, 6) is -5.60. The molecule has 1 saturated carbocycles. The van der Waals surface area contributed by atoms with E-state index < -0.39 is 47.0 Å². The van der Waals surface area contributed by atoms with E-state index in [-0.39, 0.29) is 34.6 Å². The van der Waals surface area contributed by atoms with Gasteiger partial charge in [0.1, 0.15) is 11.4 Å². The van der Waals surface area contributed by atoms with E-state index in [1.807, 2.05) is 0 Å². The number of rotatable bonds is 5. The van der Waals surface area contributed by atoms with Crippen molar-refractivity contribution in [2.75, 3.05) is 0 Å². The zero-order chi connectivity index (χ0) is 23.1. The minimum absolute atomic E-state index is 0.00274. The van der Waals surface area contributed by atoms with Crippen molar-refractivity contribution >= 4 is 23.4 Å². The van der Waals surface area contributed by atoms with E-state index in [1.54, 1.807) is 5.32 Å². The second kappa shape index (κ2) is 7.99. The molecule has 0 saturated heterocycles. The third-order valence-corrected chi connectivity index (χ3v) is 5.17. The number of halogens is 6. The van der Waals surface area contributed by atoms with Crippen LogP contribution in [0.25, 0.3) is 11.1 Å². The van der Waals surface area contributed by atoms with Gasteiger partial charge in [0.25, 0.3) is 0 Å². The Balaban J connectivity index is 1.77. The SMILES string of the molecule is CC(NC(=O)C1(NC(=O)C(F)(F)F)CC1)c1ccc(-c2cc(Cl)cc(F)c2O)cc1F. The Bertz CT molecular complexity index is 1050. The number of alkyl halides is 3. The number of phenolic OH excluding ortho intramolecular Hbond substituents is 1. The lowest BCUT2D eigenvalue weighted by molar-refractivity contribution is -0.175. The summed E-state index contributed by atoms with van der Waals surface area (Å²) in [5.41, 5.74) is -1.60. The van der Waals surface area contributed by atoms with Crippen LogP contribution in [0.1, 0.15) is 31.4 Å². The summed E-state index contributed by atoms with van der Waals surface area (Å²) >= 11 is 5.77. The van der Waals surface area contributed by atoms with Gasteiger partial charge in [0.15, 0.2) is 11.6 Å². The first-order chi connectivity index (χ1) is 14.3. The molecule has 1 atom stereocenters. The van der Waals surface area contributed by atoms with E-state index >= 15 is 0 Å². The monoisotopic (exact) mass is 462 g/mol. The van der Waals surface area contributed by atoms with Gasteiger partial charge >= 0.3 is 12.1 Å². The largest absolute Gasteiger partial charge is 0.504 e. The molecule has 2 aromatic carbocycles. The maximum atomic E-state index is 14.7. The standard InChI is InChI=1S/C20H16ClF5N2O3/c1-9(27-17(30)19(4-5-19)28-18(31)20(24,25)26)12-3-2-10(6-14(12)22)13-7-11(21)8-15(23)16(13)29/h2-3,6-9,29H,4-5H2,1H3,(H,27,30)(H,28,31). The van der Waals surface area contributed by atoms with Crippen molar-refractivity contribution in [1.82, 2.24) is 10.6 Å². The van der Waals surface area contributed by atoms with E-state index in [4.69, 9.17) is 11.6 Å². The number of carbonyl (C=O) groups excluding carboxylic acids is 2. The molecule has 0 aromatic heterocycles. The van der Waals surface area contributed by atoms with Gasteiger partial charge in [-0.2, -0.15) is 13.2 Å².